The largest absolute Gasteiger partial charge is 0.388 e. The van der Waals surface area contributed by atoms with Crippen molar-refractivity contribution < 1.29 is 34.1 Å². The summed E-state index contributed by atoms with van der Waals surface area (Å²) in [5.74, 6) is -0.276. The quantitative estimate of drug-likeness (QED) is 0.358. The Kier molecular flexibility index (Phi) is 8.71. The first-order valence-electron chi connectivity index (χ1n) is 13.2. The van der Waals surface area contributed by atoms with Gasteiger partial charge in [0.05, 0.1) is 44.4 Å². The second-order valence-electron chi connectivity index (χ2n) is 10.7. The lowest BCUT2D eigenvalue weighted by molar-refractivity contribution is -0.144. The molecule has 0 unspecified atom stereocenters. The second-order valence-corrected chi connectivity index (χ2v) is 10.7. The van der Waals surface area contributed by atoms with Crippen LogP contribution in [0.4, 0.5) is 4.79 Å². The molecule has 0 saturated carbocycles. The summed E-state index contributed by atoms with van der Waals surface area (Å²) < 4.78 is 11.8. The van der Waals surface area contributed by atoms with Crippen molar-refractivity contribution in [2.24, 2.45) is 0 Å². The minimum absolute atomic E-state index is 0.0121. The van der Waals surface area contributed by atoms with Crippen LogP contribution in [0.3, 0.4) is 0 Å². The molecule has 204 valence electrons. The van der Waals surface area contributed by atoms with Crippen LogP contribution in [0.1, 0.15) is 40.0 Å². The van der Waals surface area contributed by atoms with Gasteiger partial charge in [-0.05, 0) is 33.2 Å². The monoisotopic (exact) mass is 511 g/mol. The summed E-state index contributed by atoms with van der Waals surface area (Å²) >= 11 is 0. The fourth-order valence-electron chi connectivity index (χ4n) is 5.70. The van der Waals surface area contributed by atoms with Gasteiger partial charge < -0.3 is 40.1 Å². The Balaban J connectivity index is 1.60. The highest BCUT2D eigenvalue weighted by atomic mass is 16.5. The highest BCUT2D eigenvalue weighted by Crippen LogP contribution is 2.27. The van der Waals surface area contributed by atoms with Crippen molar-refractivity contribution in [1.82, 2.24) is 25.3 Å². The van der Waals surface area contributed by atoms with E-state index in [4.69, 9.17) is 9.47 Å². The molecule has 36 heavy (non-hydrogen) atoms. The minimum atomic E-state index is -1.25. The van der Waals surface area contributed by atoms with Gasteiger partial charge in [0.2, 0.25) is 11.8 Å². The number of nitrogens with zero attached hydrogens (tertiary/aromatic N) is 3. The molecule has 4 fully saturated rings. The molecule has 4 heterocycles. The van der Waals surface area contributed by atoms with Crippen molar-refractivity contribution in [2.75, 3.05) is 45.9 Å². The minimum Gasteiger partial charge on any atom is -0.388 e. The molecule has 4 aliphatic heterocycles. The van der Waals surface area contributed by atoms with E-state index in [2.05, 4.69) is 22.5 Å². The predicted molar refractivity (Wildman–Crippen MR) is 129 cm³/mol. The first-order valence-corrected chi connectivity index (χ1v) is 13.2. The molecule has 0 aliphatic carbocycles. The Morgan fingerprint density at radius 2 is 1.89 bits per heavy atom. The van der Waals surface area contributed by atoms with Crippen LogP contribution in [-0.2, 0) is 19.1 Å². The van der Waals surface area contributed by atoms with Gasteiger partial charge in [-0.2, -0.15) is 0 Å². The molecular formula is C24H41N5O7. The van der Waals surface area contributed by atoms with Crippen LogP contribution in [0.15, 0.2) is 0 Å². The smallest absolute Gasteiger partial charge is 0.317 e. The molecule has 4 saturated heterocycles. The highest BCUT2D eigenvalue weighted by molar-refractivity contribution is 5.83. The van der Waals surface area contributed by atoms with E-state index in [0.29, 0.717) is 32.7 Å². The van der Waals surface area contributed by atoms with Gasteiger partial charge in [-0.1, -0.05) is 6.92 Å². The number of carbonyl (C=O) groups excluding carboxylic acids is 3. The van der Waals surface area contributed by atoms with E-state index >= 15 is 0 Å². The standard InChI is InChI=1S/C24H41N5O7/c1-4-5-27-10-15-8-17(27)23(33)28-6-7-35-16(11-28)12-29(24(34)25-14(2)3)13-19-22(32)21(31)18(36-19)9-20(30)26-15/h14-19,21-22,31-32H,4-13H2,1-3H3,(H,25,34)(H,26,30)/t15-,16-,17-,18-,19+,21-,22+/m0/s1. The third-order valence-electron chi connectivity index (χ3n) is 7.39. The number of aliphatic hydroxyl groups excluding tert-OH is 2. The Morgan fingerprint density at radius 1 is 1.14 bits per heavy atom. The van der Waals surface area contributed by atoms with E-state index in [1.54, 1.807) is 4.90 Å². The number of urea groups is 1. The maximum atomic E-state index is 13.6. The molecule has 0 spiro atoms. The molecule has 0 aromatic rings. The zero-order valence-corrected chi connectivity index (χ0v) is 21.5. The van der Waals surface area contributed by atoms with Crippen LogP contribution >= 0.6 is 0 Å². The number of hydrogen-bond donors (Lipinski definition) is 4. The van der Waals surface area contributed by atoms with Crippen molar-refractivity contribution in [1.29, 1.82) is 0 Å². The summed E-state index contributed by atoms with van der Waals surface area (Å²) in [5, 5.41) is 27.1. The average Bonchev–Trinajstić information content (AvgIpc) is 3.33. The molecule has 4 aliphatic rings. The van der Waals surface area contributed by atoms with Crippen LogP contribution in [0.25, 0.3) is 0 Å². The Bertz CT molecular complexity index is 814. The number of amides is 4. The molecule has 4 rings (SSSR count). The van der Waals surface area contributed by atoms with Gasteiger partial charge >= 0.3 is 6.03 Å². The summed E-state index contributed by atoms with van der Waals surface area (Å²) in [6.07, 6.45) is -3.36. The molecule has 12 heteroatoms. The zero-order chi connectivity index (χ0) is 26.0. The number of morpholine rings is 1. The molecule has 0 aromatic carbocycles. The van der Waals surface area contributed by atoms with Gasteiger partial charge in [-0.15, -0.1) is 0 Å². The van der Waals surface area contributed by atoms with Crippen LogP contribution in [0, 0.1) is 0 Å². The van der Waals surface area contributed by atoms with Gasteiger partial charge in [0.1, 0.15) is 18.3 Å². The summed E-state index contributed by atoms with van der Waals surface area (Å²) in [6, 6.07) is -0.976. The van der Waals surface area contributed by atoms with Gasteiger partial charge in [-0.3, -0.25) is 14.5 Å². The first-order chi connectivity index (χ1) is 17.2. The molecular weight excluding hydrogens is 470 g/mol. The number of aliphatic hydroxyl groups is 2. The highest BCUT2D eigenvalue weighted by Gasteiger charge is 2.46. The SMILES string of the molecule is CCCN1C[C@@H]2C[C@H]1C(=O)N1CCO[C@H](CN(C(=O)NC(C)C)C[C@H]3O[C@@H](CC(=O)N2)[C@H](O)[C@@H]3O)C1. The van der Waals surface area contributed by atoms with Gasteiger partial charge in [-0.25, -0.2) is 4.79 Å². The summed E-state index contributed by atoms with van der Waals surface area (Å²) in [6.45, 7) is 8.47. The number of likely N-dealkylation sites (tertiary alicyclic amines) is 1. The lowest BCUT2D eigenvalue weighted by Crippen LogP contribution is -2.56. The van der Waals surface area contributed by atoms with E-state index in [1.807, 2.05) is 13.8 Å². The third kappa shape index (κ3) is 6.10. The molecule has 4 amide bonds. The van der Waals surface area contributed by atoms with E-state index < -0.39 is 30.5 Å². The van der Waals surface area contributed by atoms with E-state index in [9.17, 15) is 24.6 Å². The van der Waals surface area contributed by atoms with E-state index in [-0.39, 0.29) is 55.5 Å². The molecule has 6 bridgehead atoms. The van der Waals surface area contributed by atoms with Gasteiger partial charge in [0, 0.05) is 31.7 Å². The number of nitrogens with one attached hydrogen (secondary N) is 2. The van der Waals surface area contributed by atoms with Crippen molar-refractivity contribution in [3.63, 3.8) is 0 Å². The zero-order valence-electron chi connectivity index (χ0n) is 21.5. The molecule has 12 nitrogen and oxygen atoms in total. The predicted octanol–water partition coefficient (Wildman–Crippen LogP) is -1.50. The average molecular weight is 512 g/mol. The Hall–Kier alpha value is -1.99. The summed E-state index contributed by atoms with van der Waals surface area (Å²) in [7, 11) is 0. The number of fused-ring (bicyclic) bond motifs is 6. The van der Waals surface area contributed by atoms with Crippen molar-refractivity contribution in [3.05, 3.63) is 0 Å². The van der Waals surface area contributed by atoms with Crippen molar-refractivity contribution >= 4 is 17.8 Å². The fraction of sp³-hybridized carbons (Fsp3) is 0.875. The lowest BCUT2D eigenvalue weighted by atomic mass is 10.0. The molecule has 0 radical (unpaired) electrons. The molecule has 7 atom stereocenters. The Morgan fingerprint density at radius 3 is 2.61 bits per heavy atom. The van der Waals surface area contributed by atoms with Crippen LogP contribution < -0.4 is 10.6 Å². The summed E-state index contributed by atoms with van der Waals surface area (Å²) in [4.78, 5) is 44.8. The third-order valence-corrected chi connectivity index (χ3v) is 7.39. The normalized spacial score (nSPS) is 36.3. The number of rotatable bonds is 3. The Labute approximate surface area is 212 Å². The van der Waals surface area contributed by atoms with Crippen molar-refractivity contribution in [2.45, 2.75) is 88.7 Å². The topological polar surface area (TPSA) is 144 Å². The number of carbonyl (C=O) groups is 3. The van der Waals surface area contributed by atoms with Gasteiger partial charge in [0.15, 0.2) is 0 Å². The maximum Gasteiger partial charge on any atom is 0.317 e. The van der Waals surface area contributed by atoms with E-state index in [1.165, 1.54) is 4.90 Å². The second kappa shape index (κ2) is 11.6. The van der Waals surface area contributed by atoms with Crippen LogP contribution in [0.2, 0.25) is 0 Å². The lowest BCUT2D eigenvalue weighted by Gasteiger charge is -2.38. The van der Waals surface area contributed by atoms with Crippen molar-refractivity contribution in [3.8, 4) is 0 Å². The molecule has 0 aromatic heterocycles. The number of ether oxygens (including phenoxy) is 2. The van der Waals surface area contributed by atoms with Crippen LogP contribution in [-0.4, -0.2) is 137 Å². The summed E-state index contributed by atoms with van der Waals surface area (Å²) in [5.41, 5.74) is 0. The molecule has 4 N–H and O–H groups in total. The first kappa shape index (κ1) is 27.1. The fourth-order valence-corrected chi connectivity index (χ4v) is 5.70. The maximum absolute atomic E-state index is 13.6. The van der Waals surface area contributed by atoms with Gasteiger partial charge in [0.25, 0.3) is 0 Å². The van der Waals surface area contributed by atoms with Crippen LogP contribution in [0.5, 0.6) is 0 Å². The number of hydrogen-bond acceptors (Lipinski definition) is 8. The van der Waals surface area contributed by atoms with E-state index in [0.717, 1.165) is 13.0 Å².